The molecule has 136 valence electrons. The summed E-state index contributed by atoms with van der Waals surface area (Å²) < 4.78 is 29.2. The Hall–Kier alpha value is -1.07. The molecule has 5 heteroatoms. The van der Waals surface area contributed by atoms with Crippen molar-refractivity contribution in [3.8, 4) is 0 Å². The molecule has 25 heavy (non-hydrogen) atoms. The summed E-state index contributed by atoms with van der Waals surface area (Å²) >= 11 is 0. The molecule has 0 atom stereocenters. The van der Waals surface area contributed by atoms with Crippen LogP contribution in [-0.2, 0) is 10.0 Å². The van der Waals surface area contributed by atoms with Crippen LogP contribution in [0.2, 0.25) is 0 Å². The predicted molar refractivity (Wildman–Crippen MR) is 99.1 cm³/mol. The van der Waals surface area contributed by atoms with Crippen molar-refractivity contribution < 1.29 is 8.42 Å². The normalized spacial score (nSPS) is 37.0. The van der Waals surface area contributed by atoms with Crippen LogP contribution in [0, 0.1) is 17.8 Å². The summed E-state index contributed by atoms with van der Waals surface area (Å²) in [5.74, 6) is 2.23. The number of hydrogen-bond donors (Lipinski definition) is 1. The van der Waals surface area contributed by atoms with Crippen LogP contribution in [0.1, 0.15) is 51.4 Å². The van der Waals surface area contributed by atoms with Gasteiger partial charge in [-0.05, 0) is 93.4 Å². The predicted octanol–water partition coefficient (Wildman–Crippen LogP) is 3.53. The first-order valence-corrected chi connectivity index (χ1v) is 11.4. The number of nitrogens with zero attached hydrogens (tertiary/aromatic N) is 1. The summed E-state index contributed by atoms with van der Waals surface area (Å²) in [6.45, 7) is 2.16. The number of anilines is 1. The van der Waals surface area contributed by atoms with Gasteiger partial charge in [-0.25, -0.2) is 13.1 Å². The van der Waals surface area contributed by atoms with E-state index in [4.69, 9.17) is 0 Å². The molecule has 0 spiro atoms. The van der Waals surface area contributed by atoms with Crippen LogP contribution in [-0.4, -0.2) is 27.0 Å². The smallest absolute Gasteiger partial charge is 0.241 e. The molecule has 1 aliphatic heterocycles. The highest BCUT2D eigenvalue weighted by atomic mass is 32.2. The van der Waals surface area contributed by atoms with E-state index >= 15 is 0 Å². The number of rotatable bonds is 4. The largest absolute Gasteiger partial charge is 0.372 e. The van der Waals surface area contributed by atoms with Crippen molar-refractivity contribution in [2.24, 2.45) is 17.8 Å². The third-order valence-electron chi connectivity index (χ3n) is 7.01. The first-order valence-electron chi connectivity index (χ1n) is 9.90. The van der Waals surface area contributed by atoms with E-state index in [0.717, 1.165) is 55.8 Å². The summed E-state index contributed by atoms with van der Waals surface area (Å²) in [5.41, 5.74) is 0.979. The van der Waals surface area contributed by atoms with Gasteiger partial charge in [0.05, 0.1) is 4.90 Å². The van der Waals surface area contributed by atoms with E-state index in [1.807, 2.05) is 12.1 Å². The van der Waals surface area contributed by atoms with Gasteiger partial charge in [0, 0.05) is 24.3 Å². The van der Waals surface area contributed by atoms with E-state index < -0.39 is 10.0 Å². The second-order valence-corrected chi connectivity index (χ2v) is 10.7. The average Bonchev–Trinajstić information content (AvgIpc) is 3.07. The summed E-state index contributed by atoms with van der Waals surface area (Å²) in [7, 11) is -3.43. The van der Waals surface area contributed by atoms with Crippen LogP contribution in [0.3, 0.4) is 0 Å². The second kappa shape index (κ2) is 5.71. The standard InChI is InChI=1S/C20H28N2O2S/c23-25(24,19-5-3-18(4-6-19)22-7-1-2-8-22)21-20-12-15-9-16(13-20)11-17(10-15)14-20/h3-6,15-17,21H,1-2,7-14H2. The molecule has 0 unspecified atom stereocenters. The van der Waals surface area contributed by atoms with Crippen molar-refractivity contribution in [3.63, 3.8) is 0 Å². The van der Waals surface area contributed by atoms with Crippen molar-refractivity contribution >= 4 is 15.7 Å². The SMILES string of the molecule is O=S(=O)(NC12CC3CC(CC(C3)C1)C2)c1ccc(N2CCCC2)cc1. The van der Waals surface area contributed by atoms with Crippen LogP contribution in [0.25, 0.3) is 0 Å². The number of nitrogens with one attached hydrogen (secondary N) is 1. The van der Waals surface area contributed by atoms with Crippen LogP contribution in [0.15, 0.2) is 29.2 Å². The molecule has 4 nitrogen and oxygen atoms in total. The Morgan fingerprint density at radius 1 is 0.880 bits per heavy atom. The first kappa shape index (κ1) is 16.1. The third-order valence-corrected chi connectivity index (χ3v) is 8.60. The van der Waals surface area contributed by atoms with E-state index in [-0.39, 0.29) is 5.54 Å². The monoisotopic (exact) mass is 360 g/mol. The number of benzene rings is 1. The zero-order valence-electron chi connectivity index (χ0n) is 14.8. The van der Waals surface area contributed by atoms with Crippen molar-refractivity contribution in [1.29, 1.82) is 0 Å². The minimum Gasteiger partial charge on any atom is -0.372 e. The molecule has 0 aromatic heterocycles. The molecule has 4 bridgehead atoms. The maximum Gasteiger partial charge on any atom is 0.241 e. The topological polar surface area (TPSA) is 49.4 Å². The zero-order chi connectivity index (χ0) is 17.1. The fourth-order valence-electron chi connectivity index (χ4n) is 6.39. The minimum absolute atomic E-state index is 0.165. The zero-order valence-corrected chi connectivity index (χ0v) is 15.6. The molecule has 4 aliphatic carbocycles. The van der Waals surface area contributed by atoms with Gasteiger partial charge in [0.1, 0.15) is 0 Å². The molecule has 1 aromatic carbocycles. The lowest BCUT2D eigenvalue weighted by molar-refractivity contribution is -0.00810. The van der Waals surface area contributed by atoms with Crippen molar-refractivity contribution in [3.05, 3.63) is 24.3 Å². The van der Waals surface area contributed by atoms with Crippen LogP contribution in [0.5, 0.6) is 0 Å². The number of sulfonamides is 1. The quantitative estimate of drug-likeness (QED) is 0.893. The summed E-state index contributed by atoms with van der Waals surface area (Å²) in [6.07, 6.45) is 9.57. The molecule has 1 saturated heterocycles. The first-order chi connectivity index (χ1) is 12.0. The highest BCUT2D eigenvalue weighted by molar-refractivity contribution is 7.89. The molecule has 1 N–H and O–H groups in total. The Balaban J connectivity index is 1.36. The van der Waals surface area contributed by atoms with Gasteiger partial charge < -0.3 is 4.90 Å². The van der Waals surface area contributed by atoms with Crippen LogP contribution >= 0.6 is 0 Å². The van der Waals surface area contributed by atoms with Crippen molar-refractivity contribution in [2.75, 3.05) is 18.0 Å². The van der Waals surface area contributed by atoms with Gasteiger partial charge in [0.15, 0.2) is 0 Å². The van der Waals surface area contributed by atoms with Gasteiger partial charge >= 0.3 is 0 Å². The number of hydrogen-bond acceptors (Lipinski definition) is 3. The molecule has 0 amide bonds. The van der Waals surface area contributed by atoms with E-state index in [9.17, 15) is 8.42 Å². The van der Waals surface area contributed by atoms with Crippen LogP contribution in [0.4, 0.5) is 5.69 Å². The molecule has 1 heterocycles. The molecular formula is C20H28N2O2S. The summed E-state index contributed by atoms with van der Waals surface area (Å²) in [6, 6.07) is 7.52. The van der Waals surface area contributed by atoms with Crippen molar-refractivity contribution in [2.45, 2.75) is 61.8 Å². The third kappa shape index (κ3) is 2.89. The van der Waals surface area contributed by atoms with Crippen molar-refractivity contribution in [1.82, 2.24) is 4.72 Å². The molecule has 5 fully saturated rings. The Kier molecular flexibility index (Phi) is 3.69. The van der Waals surface area contributed by atoms with Gasteiger partial charge in [0.2, 0.25) is 10.0 Å². The molecular weight excluding hydrogens is 332 g/mol. The molecule has 4 saturated carbocycles. The lowest BCUT2D eigenvalue weighted by Crippen LogP contribution is -2.59. The molecule has 1 aromatic rings. The molecule has 6 rings (SSSR count). The average molecular weight is 361 g/mol. The summed E-state index contributed by atoms with van der Waals surface area (Å²) in [4.78, 5) is 2.76. The van der Waals surface area contributed by atoms with Gasteiger partial charge in [0.25, 0.3) is 0 Å². The van der Waals surface area contributed by atoms with Gasteiger partial charge in [-0.1, -0.05) is 0 Å². The van der Waals surface area contributed by atoms with E-state index in [2.05, 4.69) is 9.62 Å². The molecule has 0 radical (unpaired) electrons. The highest BCUT2D eigenvalue weighted by Crippen LogP contribution is 2.55. The maximum atomic E-state index is 13.0. The van der Waals surface area contributed by atoms with E-state index in [0.29, 0.717) is 4.90 Å². The second-order valence-electron chi connectivity index (χ2n) is 8.99. The lowest BCUT2D eigenvalue weighted by atomic mass is 9.53. The Labute approximate surface area is 151 Å². The van der Waals surface area contributed by atoms with Gasteiger partial charge in [-0.3, -0.25) is 0 Å². The fourth-order valence-corrected chi connectivity index (χ4v) is 7.82. The van der Waals surface area contributed by atoms with Gasteiger partial charge in [-0.2, -0.15) is 0 Å². The molecule has 5 aliphatic rings. The Morgan fingerprint density at radius 2 is 1.40 bits per heavy atom. The maximum absolute atomic E-state index is 13.0. The fraction of sp³-hybridized carbons (Fsp3) is 0.700. The minimum atomic E-state index is -3.43. The lowest BCUT2D eigenvalue weighted by Gasteiger charge is -2.56. The van der Waals surface area contributed by atoms with Gasteiger partial charge in [-0.15, -0.1) is 0 Å². The van der Waals surface area contributed by atoms with Crippen LogP contribution < -0.4 is 9.62 Å². The Morgan fingerprint density at radius 3 is 1.92 bits per heavy atom. The highest BCUT2D eigenvalue weighted by Gasteiger charge is 2.52. The van der Waals surface area contributed by atoms with E-state index in [1.165, 1.54) is 32.1 Å². The summed E-state index contributed by atoms with van der Waals surface area (Å²) in [5, 5.41) is 0. The van der Waals surface area contributed by atoms with E-state index in [1.54, 1.807) is 12.1 Å². The Bertz CT molecular complexity index is 715.